The number of anilines is 1. The first kappa shape index (κ1) is 15.5. The molecule has 1 atom stereocenters. The zero-order valence-corrected chi connectivity index (χ0v) is 13.0. The van der Waals surface area contributed by atoms with E-state index in [0.717, 1.165) is 31.6 Å². The lowest BCUT2D eigenvalue weighted by molar-refractivity contribution is 0.0523. The average molecular weight is 292 g/mol. The minimum Gasteiger partial charge on any atom is -0.444 e. The van der Waals surface area contributed by atoms with Gasteiger partial charge in [-0.05, 0) is 40.0 Å². The maximum absolute atomic E-state index is 11.8. The summed E-state index contributed by atoms with van der Waals surface area (Å²) in [4.78, 5) is 22.5. The Bertz CT molecular complexity index is 458. The minimum atomic E-state index is -0.471. The smallest absolute Gasteiger partial charge is 0.407 e. The van der Waals surface area contributed by atoms with E-state index in [4.69, 9.17) is 4.74 Å². The van der Waals surface area contributed by atoms with Gasteiger partial charge in [0.25, 0.3) is 0 Å². The summed E-state index contributed by atoms with van der Waals surface area (Å²) in [5.74, 6) is 0.869. The largest absolute Gasteiger partial charge is 0.444 e. The maximum Gasteiger partial charge on any atom is 0.407 e. The molecule has 1 aliphatic heterocycles. The van der Waals surface area contributed by atoms with Gasteiger partial charge in [-0.25, -0.2) is 9.78 Å². The highest BCUT2D eigenvalue weighted by Crippen LogP contribution is 2.21. The minimum absolute atomic E-state index is 0.239. The summed E-state index contributed by atoms with van der Waals surface area (Å²) in [5.41, 5.74) is -0.471. The molecule has 1 aliphatic rings. The molecule has 1 saturated heterocycles. The van der Waals surface area contributed by atoms with Crippen LogP contribution in [0.5, 0.6) is 0 Å². The molecule has 6 heteroatoms. The van der Waals surface area contributed by atoms with Gasteiger partial charge in [0.05, 0.1) is 6.20 Å². The molecule has 0 bridgehead atoms. The molecule has 0 radical (unpaired) electrons. The lowest BCUT2D eigenvalue weighted by Gasteiger charge is -2.36. The Hall–Kier alpha value is -1.85. The van der Waals surface area contributed by atoms with E-state index in [1.165, 1.54) is 0 Å². The van der Waals surface area contributed by atoms with Gasteiger partial charge in [-0.15, -0.1) is 0 Å². The van der Waals surface area contributed by atoms with Crippen molar-refractivity contribution in [1.29, 1.82) is 0 Å². The van der Waals surface area contributed by atoms with Crippen LogP contribution in [-0.2, 0) is 4.74 Å². The molecule has 1 aromatic rings. The Balaban J connectivity index is 1.92. The molecule has 2 rings (SSSR count). The lowest BCUT2D eigenvalue weighted by Crippen LogP contribution is -2.48. The normalized spacial score (nSPS) is 19.2. The highest BCUT2D eigenvalue weighted by atomic mass is 16.6. The van der Waals surface area contributed by atoms with Crippen molar-refractivity contribution < 1.29 is 9.53 Å². The number of nitrogens with one attached hydrogen (secondary N) is 1. The van der Waals surface area contributed by atoms with Crippen LogP contribution in [0.2, 0.25) is 0 Å². The van der Waals surface area contributed by atoms with E-state index in [-0.39, 0.29) is 12.1 Å². The zero-order valence-electron chi connectivity index (χ0n) is 13.0. The first-order chi connectivity index (χ1) is 9.96. The van der Waals surface area contributed by atoms with E-state index >= 15 is 0 Å². The monoisotopic (exact) mass is 292 g/mol. The zero-order chi connectivity index (χ0) is 15.3. The molecule has 1 amide bonds. The van der Waals surface area contributed by atoms with Crippen LogP contribution in [0.15, 0.2) is 18.6 Å². The second kappa shape index (κ2) is 6.74. The number of amides is 1. The third kappa shape index (κ3) is 4.88. The van der Waals surface area contributed by atoms with Gasteiger partial charge >= 0.3 is 6.09 Å². The SMILES string of the molecule is CC(C)(C)OC(=O)NC[C@@H]1CCCCN1c1cnccn1. The van der Waals surface area contributed by atoms with E-state index in [1.54, 1.807) is 18.6 Å². The van der Waals surface area contributed by atoms with Gasteiger partial charge in [-0.3, -0.25) is 4.98 Å². The quantitative estimate of drug-likeness (QED) is 0.926. The third-order valence-corrected chi connectivity index (χ3v) is 3.35. The van der Waals surface area contributed by atoms with Gasteiger partial charge in [0, 0.05) is 31.5 Å². The van der Waals surface area contributed by atoms with Crippen LogP contribution in [-0.4, -0.2) is 40.8 Å². The van der Waals surface area contributed by atoms with Crippen LogP contribution in [0.3, 0.4) is 0 Å². The van der Waals surface area contributed by atoms with Gasteiger partial charge < -0.3 is 15.0 Å². The molecule has 0 aromatic carbocycles. The maximum atomic E-state index is 11.8. The highest BCUT2D eigenvalue weighted by Gasteiger charge is 2.25. The number of ether oxygens (including phenoxy) is 1. The lowest BCUT2D eigenvalue weighted by atomic mass is 10.0. The van der Waals surface area contributed by atoms with Crippen molar-refractivity contribution in [2.24, 2.45) is 0 Å². The Morgan fingerprint density at radius 1 is 1.43 bits per heavy atom. The molecule has 1 aromatic heterocycles. The fourth-order valence-electron chi connectivity index (χ4n) is 2.47. The molecule has 6 nitrogen and oxygen atoms in total. The molecule has 116 valence electrons. The van der Waals surface area contributed by atoms with E-state index in [1.807, 2.05) is 20.8 Å². The van der Waals surface area contributed by atoms with E-state index in [9.17, 15) is 4.79 Å². The molecule has 1 fully saturated rings. The second-order valence-electron chi connectivity index (χ2n) is 6.29. The van der Waals surface area contributed by atoms with E-state index in [2.05, 4.69) is 20.2 Å². The number of carbonyl (C=O) groups is 1. The van der Waals surface area contributed by atoms with Crippen LogP contribution in [0.25, 0.3) is 0 Å². The molecule has 0 unspecified atom stereocenters. The second-order valence-corrected chi connectivity index (χ2v) is 6.29. The van der Waals surface area contributed by atoms with Crippen molar-refractivity contribution in [3.63, 3.8) is 0 Å². The Morgan fingerprint density at radius 2 is 2.24 bits per heavy atom. The van der Waals surface area contributed by atoms with Gasteiger partial charge in [0.15, 0.2) is 0 Å². The van der Waals surface area contributed by atoms with Gasteiger partial charge in [0.1, 0.15) is 11.4 Å². The predicted molar refractivity (Wildman–Crippen MR) is 81.3 cm³/mol. The number of nitrogens with zero attached hydrogens (tertiary/aromatic N) is 3. The number of carbonyl (C=O) groups excluding carboxylic acids is 1. The topological polar surface area (TPSA) is 67.3 Å². The first-order valence-electron chi connectivity index (χ1n) is 7.45. The summed E-state index contributed by atoms with van der Waals surface area (Å²) in [7, 11) is 0. The summed E-state index contributed by atoms with van der Waals surface area (Å²) in [6, 6.07) is 0.239. The van der Waals surface area contributed by atoms with Crippen LogP contribution < -0.4 is 10.2 Å². The van der Waals surface area contributed by atoms with Gasteiger partial charge in [0.2, 0.25) is 0 Å². The average Bonchev–Trinajstić information content (AvgIpc) is 2.45. The van der Waals surface area contributed by atoms with Crippen molar-refractivity contribution >= 4 is 11.9 Å². The number of aromatic nitrogens is 2. The molecule has 0 spiro atoms. The first-order valence-corrected chi connectivity index (χ1v) is 7.45. The number of piperidine rings is 1. The number of hydrogen-bond donors (Lipinski definition) is 1. The summed E-state index contributed by atoms with van der Waals surface area (Å²) in [5, 5.41) is 2.86. The molecule has 1 N–H and O–H groups in total. The van der Waals surface area contributed by atoms with E-state index < -0.39 is 5.60 Å². The van der Waals surface area contributed by atoms with Crippen molar-refractivity contribution in [3.05, 3.63) is 18.6 Å². The number of alkyl carbamates (subject to hydrolysis) is 1. The standard InChI is InChI=1S/C15H24N4O2/c1-15(2,3)21-14(20)18-10-12-6-4-5-9-19(12)13-11-16-7-8-17-13/h7-8,11-12H,4-6,9-10H2,1-3H3,(H,18,20)/t12-/m0/s1. The number of rotatable bonds is 3. The van der Waals surface area contributed by atoms with Crippen molar-refractivity contribution in [3.8, 4) is 0 Å². The van der Waals surface area contributed by atoms with Crippen molar-refractivity contribution in [2.75, 3.05) is 18.0 Å². The molecule has 2 heterocycles. The van der Waals surface area contributed by atoms with Crippen LogP contribution in [0, 0.1) is 0 Å². The predicted octanol–water partition coefficient (Wildman–Crippen LogP) is 2.36. The summed E-state index contributed by atoms with van der Waals surface area (Å²) < 4.78 is 5.27. The Morgan fingerprint density at radius 3 is 2.90 bits per heavy atom. The molecule has 0 aliphatic carbocycles. The number of hydrogen-bond acceptors (Lipinski definition) is 5. The van der Waals surface area contributed by atoms with Crippen LogP contribution in [0.4, 0.5) is 10.6 Å². The summed E-state index contributed by atoms with van der Waals surface area (Å²) >= 11 is 0. The third-order valence-electron chi connectivity index (χ3n) is 3.35. The Kier molecular flexibility index (Phi) is 4.98. The van der Waals surface area contributed by atoms with E-state index in [0.29, 0.717) is 6.54 Å². The fraction of sp³-hybridized carbons (Fsp3) is 0.667. The van der Waals surface area contributed by atoms with Crippen molar-refractivity contribution in [1.82, 2.24) is 15.3 Å². The molecular weight excluding hydrogens is 268 g/mol. The van der Waals surface area contributed by atoms with Gasteiger partial charge in [-0.2, -0.15) is 0 Å². The van der Waals surface area contributed by atoms with Crippen LogP contribution in [0.1, 0.15) is 40.0 Å². The van der Waals surface area contributed by atoms with Gasteiger partial charge in [-0.1, -0.05) is 0 Å². The van der Waals surface area contributed by atoms with Crippen molar-refractivity contribution in [2.45, 2.75) is 51.7 Å². The summed E-state index contributed by atoms with van der Waals surface area (Å²) in [6.07, 6.45) is 8.10. The highest BCUT2D eigenvalue weighted by molar-refractivity contribution is 5.67. The fourth-order valence-corrected chi connectivity index (χ4v) is 2.47. The Labute approximate surface area is 125 Å². The molecule has 21 heavy (non-hydrogen) atoms. The van der Waals surface area contributed by atoms with Crippen LogP contribution >= 0.6 is 0 Å². The molecule has 0 saturated carbocycles. The summed E-state index contributed by atoms with van der Waals surface area (Å²) in [6.45, 7) is 7.09. The molecular formula is C15H24N4O2.